The first kappa shape index (κ1) is 21.4. The van der Waals surface area contributed by atoms with Crippen LogP contribution in [-0.2, 0) is 14.8 Å². The van der Waals surface area contributed by atoms with E-state index in [-0.39, 0.29) is 4.90 Å². The Bertz CT molecular complexity index is 964. The van der Waals surface area contributed by atoms with Gasteiger partial charge in [-0.1, -0.05) is 19.9 Å². The Morgan fingerprint density at radius 1 is 1.27 bits per heavy atom. The number of ether oxygens (including phenoxy) is 1. The van der Waals surface area contributed by atoms with Crippen molar-refractivity contribution in [3.63, 3.8) is 0 Å². The molecule has 7 nitrogen and oxygen atoms in total. The number of rotatable bonds is 5. The van der Waals surface area contributed by atoms with E-state index in [0.29, 0.717) is 48.4 Å². The summed E-state index contributed by atoms with van der Waals surface area (Å²) in [4.78, 5) is 0.262. The summed E-state index contributed by atoms with van der Waals surface area (Å²) in [5, 5.41) is 7.68. The maximum absolute atomic E-state index is 12.7. The lowest BCUT2D eigenvalue weighted by atomic mass is 9.49. The van der Waals surface area contributed by atoms with Crippen LogP contribution in [0.25, 0.3) is 0 Å². The SMILES string of the molecule is CC1(C)C2CC=C(/C=N/NC(=S)Nc3ccc(S(=O)(=O)N4CCOCC4)cc3)C1C2. The standard InChI is InChI=1S/C21H28N4O3S2/c1-21(2)16-4-3-15(19(21)13-16)14-22-24-20(29)23-17-5-7-18(8-6-17)30(26,27)25-9-11-28-12-10-25/h3,5-8,14,16,19H,4,9-13H2,1-2H3,(H2,23,24,29)/b22-14+. The Balaban J connectivity index is 1.31. The number of nitrogens with zero attached hydrogens (tertiary/aromatic N) is 2. The van der Waals surface area contributed by atoms with E-state index in [2.05, 4.69) is 35.8 Å². The molecular formula is C21H28N4O3S2. The normalized spacial score (nSPS) is 26.0. The molecule has 9 heteroatoms. The van der Waals surface area contributed by atoms with Crippen molar-refractivity contribution < 1.29 is 13.2 Å². The smallest absolute Gasteiger partial charge is 0.243 e. The molecule has 0 amide bonds. The minimum Gasteiger partial charge on any atom is -0.379 e. The van der Waals surface area contributed by atoms with Crippen LogP contribution < -0.4 is 10.7 Å². The predicted octanol–water partition coefficient (Wildman–Crippen LogP) is 2.97. The lowest BCUT2D eigenvalue weighted by Gasteiger charge is -2.55. The van der Waals surface area contributed by atoms with E-state index < -0.39 is 10.0 Å². The Kier molecular flexibility index (Phi) is 5.98. The molecule has 0 aromatic heterocycles. The maximum atomic E-state index is 12.7. The number of anilines is 1. The fraction of sp³-hybridized carbons (Fsp3) is 0.524. The summed E-state index contributed by atoms with van der Waals surface area (Å²) >= 11 is 5.30. The second-order valence-electron chi connectivity index (χ2n) is 8.61. The van der Waals surface area contributed by atoms with Gasteiger partial charge in [-0.15, -0.1) is 0 Å². The molecule has 2 unspecified atom stereocenters. The van der Waals surface area contributed by atoms with Gasteiger partial charge in [0, 0.05) is 18.8 Å². The van der Waals surface area contributed by atoms with Gasteiger partial charge in [0.1, 0.15) is 0 Å². The molecule has 2 fully saturated rings. The molecule has 2 bridgehead atoms. The largest absolute Gasteiger partial charge is 0.379 e. The Morgan fingerprint density at radius 2 is 1.97 bits per heavy atom. The molecule has 1 aromatic carbocycles. The zero-order valence-electron chi connectivity index (χ0n) is 17.3. The first-order valence-electron chi connectivity index (χ1n) is 10.3. The van der Waals surface area contributed by atoms with Crippen molar-refractivity contribution in [2.75, 3.05) is 31.6 Å². The third kappa shape index (κ3) is 4.16. The molecule has 1 aliphatic heterocycles. The fourth-order valence-corrected chi connectivity index (χ4v) is 6.09. The van der Waals surface area contributed by atoms with E-state index in [1.807, 2.05) is 6.21 Å². The average Bonchev–Trinajstić information content (AvgIpc) is 2.74. The number of benzene rings is 1. The van der Waals surface area contributed by atoms with Gasteiger partial charge in [-0.25, -0.2) is 8.42 Å². The van der Waals surface area contributed by atoms with Crippen LogP contribution in [0.2, 0.25) is 0 Å². The quantitative estimate of drug-likeness (QED) is 0.409. The number of hydrogen-bond donors (Lipinski definition) is 2. The number of thiocarbonyl (C=S) groups is 1. The van der Waals surface area contributed by atoms with E-state index in [1.54, 1.807) is 24.3 Å². The van der Waals surface area contributed by atoms with Crippen LogP contribution in [0.4, 0.5) is 5.69 Å². The molecule has 30 heavy (non-hydrogen) atoms. The van der Waals surface area contributed by atoms with E-state index in [4.69, 9.17) is 17.0 Å². The third-order valence-electron chi connectivity index (χ3n) is 6.61. The fourth-order valence-electron chi connectivity index (χ4n) is 4.52. The van der Waals surface area contributed by atoms with Gasteiger partial charge in [-0.3, -0.25) is 5.43 Å². The van der Waals surface area contributed by atoms with Crippen molar-refractivity contribution in [1.29, 1.82) is 0 Å². The van der Waals surface area contributed by atoms with Crippen molar-refractivity contribution in [3.05, 3.63) is 35.9 Å². The number of morpholine rings is 1. The highest BCUT2D eigenvalue weighted by Crippen LogP contribution is 2.58. The molecule has 1 saturated heterocycles. The average molecular weight is 449 g/mol. The van der Waals surface area contributed by atoms with Gasteiger partial charge in [0.05, 0.1) is 24.3 Å². The van der Waals surface area contributed by atoms with Gasteiger partial charge in [-0.05, 0) is 72.1 Å². The molecule has 0 spiro atoms. The van der Waals surface area contributed by atoms with Crippen LogP contribution >= 0.6 is 12.2 Å². The topological polar surface area (TPSA) is 83.0 Å². The molecule has 1 saturated carbocycles. The van der Waals surface area contributed by atoms with Gasteiger partial charge in [-0.2, -0.15) is 9.41 Å². The third-order valence-corrected chi connectivity index (χ3v) is 8.72. The van der Waals surface area contributed by atoms with Crippen LogP contribution in [-0.4, -0.2) is 50.4 Å². The summed E-state index contributed by atoms with van der Waals surface area (Å²) in [6.07, 6.45) is 6.51. The van der Waals surface area contributed by atoms with Crippen molar-refractivity contribution in [1.82, 2.24) is 9.73 Å². The molecule has 162 valence electrons. The number of hydrogen-bond acceptors (Lipinski definition) is 5. The monoisotopic (exact) mass is 448 g/mol. The second kappa shape index (κ2) is 8.37. The number of allylic oxidation sites excluding steroid dienone is 2. The summed E-state index contributed by atoms with van der Waals surface area (Å²) in [5.41, 5.74) is 5.18. The molecule has 3 aliphatic carbocycles. The zero-order chi connectivity index (χ0) is 21.4. The molecule has 0 radical (unpaired) electrons. The Labute approximate surface area is 183 Å². The van der Waals surface area contributed by atoms with E-state index in [9.17, 15) is 8.42 Å². The van der Waals surface area contributed by atoms with Gasteiger partial charge >= 0.3 is 0 Å². The van der Waals surface area contributed by atoms with Crippen LogP contribution in [0, 0.1) is 17.3 Å². The number of nitrogens with one attached hydrogen (secondary N) is 2. The molecular weight excluding hydrogens is 420 g/mol. The van der Waals surface area contributed by atoms with Crippen LogP contribution in [0.3, 0.4) is 0 Å². The van der Waals surface area contributed by atoms with Gasteiger partial charge in [0.25, 0.3) is 0 Å². The Hall–Kier alpha value is -1.81. The Morgan fingerprint density at radius 3 is 2.60 bits per heavy atom. The van der Waals surface area contributed by atoms with Crippen molar-refractivity contribution in [3.8, 4) is 0 Å². The van der Waals surface area contributed by atoms with E-state index >= 15 is 0 Å². The minimum absolute atomic E-state index is 0.262. The number of sulfonamides is 1. The van der Waals surface area contributed by atoms with Crippen molar-refractivity contribution in [2.45, 2.75) is 31.6 Å². The molecule has 1 heterocycles. The lowest BCUT2D eigenvalue weighted by molar-refractivity contribution is -0.00126. The number of hydrazone groups is 1. The van der Waals surface area contributed by atoms with Crippen LogP contribution in [0.5, 0.6) is 0 Å². The van der Waals surface area contributed by atoms with Gasteiger partial charge in [0.15, 0.2) is 5.11 Å². The summed E-state index contributed by atoms with van der Waals surface area (Å²) < 4.78 is 32.0. The van der Waals surface area contributed by atoms with Crippen molar-refractivity contribution in [2.24, 2.45) is 22.4 Å². The summed E-state index contributed by atoms with van der Waals surface area (Å²) in [6.45, 7) is 6.27. The summed E-state index contributed by atoms with van der Waals surface area (Å²) in [7, 11) is -3.50. The molecule has 5 rings (SSSR count). The van der Waals surface area contributed by atoms with Crippen LogP contribution in [0.1, 0.15) is 26.7 Å². The highest BCUT2D eigenvalue weighted by atomic mass is 32.2. The van der Waals surface area contributed by atoms with Gasteiger partial charge < -0.3 is 10.1 Å². The highest BCUT2D eigenvalue weighted by molar-refractivity contribution is 7.89. The van der Waals surface area contributed by atoms with Crippen LogP contribution in [0.15, 0.2) is 45.9 Å². The minimum atomic E-state index is -3.50. The predicted molar refractivity (Wildman–Crippen MR) is 122 cm³/mol. The van der Waals surface area contributed by atoms with E-state index in [1.165, 1.54) is 16.3 Å². The molecule has 2 atom stereocenters. The first-order valence-corrected chi connectivity index (χ1v) is 12.1. The maximum Gasteiger partial charge on any atom is 0.243 e. The summed E-state index contributed by atoms with van der Waals surface area (Å²) in [5.74, 6) is 1.37. The first-order chi connectivity index (χ1) is 14.3. The number of fused-ring (bicyclic) bond motifs is 1. The second-order valence-corrected chi connectivity index (χ2v) is 11.0. The van der Waals surface area contributed by atoms with E-state index in [0.717, 1.165) is 12.3 Å². The lowest BCUT2D eigenvalue weighted by Crippen LogP contribution is -2.48. The zero-order valence-corrected chi connectivity index (χ0v) is 18.9. The van der Waals surface area contributed by atoms with Crippen molar-refractivity contribution >= 4 is 39.3 Å². The summed E-state index contributed by atoms with van der Waals surface area (Å²) in [6, 6.07) is 6.57. The molecule has 1 aromatic rings. The highest BCUT2D eigenvalue weighted by Gasteiger charge is 2.50. The van der Waals surface area contributed by atoms with Gasteiger partial charge in [0.2, 0.25) is 10.0 Å². The molecule has 4 aliphatic rings. The molecule has 2 N–H and O–H groups in total.